The van der Waals surface area contributed by atoms with Crippen LogP contribution in [0.25, 0.3) is 0 Å². The zero-order valence-corrected chi connectivity index (χ0v) is 9.87. The molecular weight excluding hydrogens is 188 g/mol. The van der Waals surface area contributed by atoms with E-state index in [4.69, 9.17) is 10.5 Å². The quantitative estimate of drug-likeness (QED) is 0.761. The van der Waals surface area contributed by atoms with E-state index in [1.165, 1.54) is 38.6 Å². The number of ether oxygens (including phenoxy) is 1. The van der Waals surface area contributed by atoms with Crippen LogP contribution in [0.5, 0.6) is 0 Å². The lowest BCUT2D eigenvalue weighted by Crippen LogP contribution is -2.54. The Labute approximate surface area is 93.0 Å². The van der Waals surface area contributed by atoms with Crippen molar-refractivity contribution in [1.29, 1.82) is 0 Å². The first kappa shape index (κ1) is 11.4. The van der Waals surface area contributed by atoms with Crippen molar-refractivity contribution in [2.24, 2.45) is 11.7 Å². The minimum atomic E-state index is 0.139. The number of hydrogen-bond acceptors (Lipinski definition) is 3. The molecule has 1 heterocycles. The summed E-state index contributed by atoms with van der Waals surface area (Å²) >= 11 is 0. The highest BCUT2D eigenvalue weighted by atomic mass is 16.5. The van der Waals surface area contributed by atoms with Crippen molar-refractivity contribution in [2.45, 2.75) is 37.6 Å². The maximum Gasteiger partial charge on any atom is 0.0469 e. The third-order valence-electron chi connectivity index (χ3n) is 3.84. The van der Waals surface area contributed by atoms with Gasteiger partial charge in [-0.2, -0.15) is 0 Å². The van der Waals surface area contributed by atoms with E-state index in [1.54, 1.807) is 0 Å². The fraction of sp³-hybridized carbons (Fsp3) is 1.00. The smallest absolute Gasteiger partial charge is 0.0469 e. The molecule has 2 rings (SSSR count). The summed E-state index contributed by atoms with van der Waals surface area (Å²) in [4.78, 5) is 2.43. The Morgan fingerprint density at radius 1 is 1.33 bits per heavy atom. The number of likely N-dealkylation sites (N-methyl/N-ethyl adjacent to an activating group) is 1. The highest BCUT2D eigenvalue weighted by Gasteiger charge is 2.33. The lowest BCUT2D eigenvalue weighted by molar-refractivity contribution is 0.0500. The summed E-state index contributed by atoms with van der Waals surface area (Å²) in [6.07, 6.45) is 6.20. The first-order valence-corrected chi connectivity index (χ1v) is 6.23. The van der Waals surface area contributed by atoms with E-state index >= 15 is 0 Å². The summed E-state index contributed by atoms with van der Waals surface area (Å²) < 4.78 is 5.37. The van der Waals surface area contributed by atoms with Crippen LogP contribution in [0.15, 0.2) is 0 Å². The van der Waals surface area contributed by atoms with E-state index in [2.05, 4.69) is 11.9 Å². The van der Waals surface area contributed by atoms with Gasteiger partial charge in [0.15, 0.2) is 0 Å². The molecule has 2 fully saturated rings. The van der Waals surface area contributed by atoms with Crippen molar-refractivity contribution >= 4 is 0 Å². The molecule has 2 N–H and O–H groups in total. The van der Waals surface area contributed by atoms with Crippen molar-refractivity contribution in [3.8, 4) is 0 Å². The van der Waals surface area contributed by atoms with Gasteiger partial charge in [0, 0.05) is 31.8 Å². The van der Waals surface area contributed by atoms with Crippen LogP contribution in [-0.4, -0.2) is 43.8 Å². The molecule has 0 atom stereocenters. The summed E-state index contributed by atoms with van der Waals surface area (Å²) in [5.74, 6) is 0.826. The van der Waals surface area contributed by atoms with E-state index in [0.29, 0.717) is 0 Å². The van der Waals surface area contributed by atoms with Crippen LogP contribution in [0, 0.1) is 5.92 Å². The van der Waals surface area contributed by atoms with E-state index < -0.39 is 0 Å². The van der Waals surface area contributed by atoms with Crippen LogP contribution in [0.1, 0.15) is 32.1 Å². The average Bonchev–Trinajstić information content (AvgIpc) is 2.16. The molecule has 0 aromatic carbocycles. The van der Waals surface area contributed by atoms with Crippen molar-refractivity contribution in [3.05, 3.63) is 0 Å². The summed E-state index contributed by atoms with van der Waals surface area (Å²) in [6.45, 7) is 4.17. The molecule has 0 aromatic heterocycles. The second-order valence-electron chi connectivity index (χ2n) is 5.47. The summed E-state index contributed by atoms with van der Waals surface area (Å²) in [6, 6.07) is 0. The lowest BCUT2D eigenvalue weighted by Gasteiger charge is -2.42. The SMILES string of the molecule is CN(CC1CCOCC1)CC1(N)CCC1. The van der Waals surface area contributed by atoms with Crippen LogP contribution in [0.4, 0.5) is 0 Å². The molecule has 3 nitrogen and oxygen atoms in total. The van der Waals surface area contributed by atoms with Crippen LogP contribution in [-0.2, 0) is 4.74 Å². The van der Waals surface area contributed by atoms with Gasteiger partial charge in [-0.15, -0.1) is 0 Å². The van der Waals surface area contributed by atoms with E-state index in [-0.39, 0.29) is 5.54 Å². The van der Waals surface area contributed by atoms with E-state index in [1.807, 2.05) is 0 Å². The maximum atomic E-state index is 6.24. The molecule has 0 unspecified atom stereocenters. The van der Waals surface area contributed by atoms with Crippen LogP contribution in [0.3, 0.4) is 0 Å². The minimum absolute atomic E-state index is 0.139. The van der Waals surface area contributed by atoms with Gasteiger partial charge >= 0.3 is 0 Å². The molecule has 1 aliphatic heterocycles. The summed E-state index contributed by atoms with van der Waals surface area (Å²) in [5, 5.41) is 0. The fourth-order valence-corrected chi connectivity index (χ4v) is 2.76. The van der Waals surface area contributed by atoms with Gasteiger partial charge in [-0.05, 0) is 45.1 Å². The molecular formula is C12H24N2O. The topological polar surface area (TPSA) is 38.5 Å². The van der Waals surface area contributed by atoms with Crippen LogP contribution < -0.4 is 5.73 Å². The first-order chi connectivity index (χ1) is 7.18. The van der Waals surface area contributed by atoms with Gasteiger partial charge in [-0.1, -0.05) is 0 Å². The zero-order valence-electron chi connectivity index (χ0n) is 9.87. The predicted molar refractivity (Wildman–Crippen MR) is 61.8 cm³/mol. The molecule has 1 saturated carbocycles. The molecule has 1 aliphatic carbocycles. The van der Waals surface area contributed by atoms with E-state index in [0.717, 1.165) is 25.7 Å². The number of hydrogen-bond donors (Lipinski definition) is 1. The highest BCUT2D eigenvalue weighted by Crippen LogP contribution is 2.30. The standard InChI is InChI=1S/C12H24N2O/c1-14(10-12(13)5-2-6-12)9-11-3-7-15-8-4-11/h11H,2-10,13H2,1H3. The first-order valence-electron chi connectivity index (χ1n) is 6.23. The summed E-state index contributed by atoms with van der Waals surface area (Å²) in [7, 11) is 2.21. The van der Waals surface area contributed by atoms with Crippen molar-refractivity contribution in [2.75, 3.05) is 33.4 Å². The molecule has 15 heavy (non-hydrogen) atoms. The van der Waals surface area contributed by atoms with Crippen LogP contribution >= 0.6 is 0 Å². The normalized spacial score (nSPS) is 26.6. The Morgan fingerprint density at radius 3 is 2.53 bits per heavy atom. The number of nitrogens with zero attached hydrogens (tertiary/aromatic N) is 1. The molecule has 0 aromatic rings. The molecule has 0 amide bonds. The van der Waals surface area contributed by atoms with Gasteiger partial charge in [0.2, 0.25) is 0 Å². The molecule has 3 heteroatoms. The summed E-state index contributed by atoms with van der Waals surface area (Å²) in [5.41, 5.74) is 6.38. The zero-order chi connectivity index (χ0) is 10.7. The highest BCUT2D eigenvalue weighted by molar-refractivity contribution is 4.94. The van der Waals surface area contributed by atoms with Gasteiger partial charge in [0.1, 0.15) is 0 Å². The Hall–Kier alpha value is -0.120. The second kappa shape index (κ2) is 4.81. The Morgan fingerprint density at radius 2 is 2.00 bits per heavy atom. The largest absolute Gasteiger partial charge is 0.381 e. The van der Waals surface area contributed by atoms with Crippen molar-refractivity contribution in [3.63, 3.8) is 0 Å². The molecule has 88 valence electrons. The van der Waals surface area contributed by atoms with Crippen molar-refractivity contribution in [1.82, 2.24) is 4.90 Å². The van der Waals surface area contributed by atoms with Gasteiger partial charge in [-0.25, -0.2) is 0 Å². The molecule has 2 aliphatic rings. The van der Waals surface area contributed by atoms with Gasteiger partial charge < -0.3 is 15.4 Å². The molecule has 0 bridgehead atoms. The maximum absolute atomic E-state index is 6.24. The number of rotatable bonds is 4. The monoisotopic (exact) mass is 212 g/mol. The third-order valence-corrected chi connectivity index (χ3v) is 3.84. The third kappa shape index (κ3) is 3.16. The Bertz CT molecular complexity index is 198. The van der Waals surface area contributed by atoms with Gasteiger partial charge in [0.05, 0.1) is 0 Å². The molecule has 0 spiro atoms. The Balaban J connectivity index is 1.69. The van der Waals surface area contributed by atoms with E-state index in [9.17, 15) is 0 Å². The minimum Gasteiger partial charge on any atom is -0.381 e. The van der Waals surface area contributed by atoms with Crippen molar-refractivity contribution < 1.29 is 4.74 Å². The van der Waals surface area contributed by atoms with Gasteiger partial charge in [-0.3, -0.25) is 0 Å². The average molecular weight is 212 g/mol. The van der Waals surface area contributed by atoms with Crippen LogP contribution in [0.2, 0.25) is 0 Å². The lowest BCUT2D eigenvalue weighted by atomic mass is 9.77. The molecule has 1 saturated heterocycles. The second-order valence-corrected chi connectivity index (χ2v) is 5.47. The number of nitrogens with two attached hydrogens (primary N) is 1. The molecule has 0 radical (unpaired) electrons. The Kier molecular flexibility index (Phi) is 3.65. The predicted octanol–water partition coefficient (Wildman–Crippen LogP) is 1.23. The van der Waals surface area contributed by atoms with Gasteiger partial charge in [0.25, 0.3) is 0 Å². The fourth-order valence-electron chi connectivity index (χ4n) is 2.76.